The highest BCUT2D eigenvalue weighted by molar-refractivity contribution is 7.77. The van der Waals surface area contributed by atoms with Gasteiger partial charge in [-0.05, 0) is 23.3 Å². The predicted octanol–water partition coefficient (Wildman–Crippen LogP) is 1.71. The van der Waals surface area contributed by atoms with E-state index in [4.69, 9.17) is 9.29 Å². The number of methoxy groups -OCH3 is 1. The third kappa shape index (κ3) is 3.73. The summed E-state index contributed by atoms with van der Waals surface area (Å²) in [5, 5.41) is 8.32. The van der Waals surface area contributed by atoms with Crippen LogP contribution in [0.5, 0.6) is 5.75 Å². The zero-order chi connectivity index (χ0) is 16.2. The molecule has 3 aromatic rings. The lowest BCUT2D eigenvalue weighted by molar-refractivity contribution is 0.415. The van der Waals surface area contributed by atoms with Crippen molar-refractivity contribution in [3.05, 3.63) is 53.6 Å². The minimum atomic E-state index is -2.00. The van der Waals surface area contributed by atoms with Crippen molar-refractivity contribution < 1.29 is 13.5 Å². The molecule has 1 aromatic heterocycles. The second kappa shape index (κ2) is 6.86. The fraction of sp³-hybridized carbons (Fsp3) is 0.200. The second-order valence-electron chi connectivity index (χ2n) is 4.99. The van der Waals surface area contributed by atoms with E-state index in [-0.39, 0.29) is 0 Å². The minimum absolute atomic E-state index is 0.343. The molecule has 2 aromatic carbocycles. The Labute approximate surface area is 135 Å². The van der Waals surface area contributed by atoms with Crippen molar-refractivity contribution in [1.82, 2.24) is 19.7 Å². The average Bonchev–Trinajstić information content (AvgIpc) is 2.96. The van der Waals surface area contributed by atoms with Crippen molar-refractivity contribution in [2.45, 2.75) is 13.1 Å². The van der Waals surface area contributed by atoms with Crippen molar-refractivity contribution in [2.75, 3.05) is 7.11 Å². The SMILES string of the molecule is COc1ccc2c(c1)nnn2Cc1ccc(CNS(=O)O)cc1. The number of ether oxygens (including phenoxy) is 1. The molecule has 0 aliphatic rings. The van der Waals surface area contributed by atoms with Crippen molar-refractivity contribution in [3.63, 3.8) is 0 Å². The van der Waals surface area contributed by atoms with Crippen LogP contribution in [-0.2, 0) is 24.4 Å². The Bertz CT molecular complexity index is 832. The summed E-state index contributed by atoms with van der Waals surface area (Å²) >= 11 is -2.00. The summed E-state index contributed by atoms with van der Waals surface area (Å²) < 4.78 is 28.8. The summed E-state index contributed by atoms with van der Waals surface area (Å²) in [5.74, 6) is 0.752. The lowest BCUT2D eigenvalue weighted by atomic mass is 10.1. The van der Waals surface area contributed by atoms with Crippen LogP contribution in [0.3, 0.4) is 0 Å². The van der Waals surface area contributed by atoms with Gasteiger partial charge in [0.2, 0.25) is 11.3 Å². The first-order valence-corrected chi connectivity index (χ1v) is 8.06. The zero-order valence-corrected chi connectivity index (χ0v) is 13.3. The predicted molar refractivity (Wildman–Crippen MR) is 87.2 cm³/mol. The fourth-order valence-corrected chi connectivity index (χ4v) is 2.57. The molecule has 1 unspecified atom stereocenters. The van der Waals surface area contributed by atoms with Gasteiger partial charge in [0.05, 0.1) is 19.2 Å². The lowest BCUT2D eigenvalue weighted by Crippen LogP contribution is -2.15. The van der Waals surface area contributed by atoms with Gasteiger partial charge in [0.1, 0.15) is 11.3 Å². The van der Waals surface area contributed by atoms with Crippen molar-refractivity contribution in [3.8, 4) is 5.75 Å². The molecule has 0 saturated heterocycles. The van der Waals surface area contributed by atoms with Gasteiger partial charge in [-0.25, -0.2) is 13.6 Å². The monoisotopic (exact) mass is 332 g/mol. The van der Waals surface area contributed by atoms with Crippen LogP contribution in [-0.4, -0.2) is 30.9 Å². The van der Waals surface area contributed by atoms with Crippen LogP contribution >= 0.6 is 0 Å². The highest BCUT2D eigenvalue weighted by atomic mass is 32.2. The number of aromatic nitrogens is 3. The lowest BCUT2D eigenvalue weighted by Gasteiger charge is -2.05. The van der Waals surface area contributed by atoms with Gasteiger partial charge < -0.3 is 4.74 Å². The molecule has 1 heterocycles. The summed E-state index contributed by atoms with van der Waals surface area (Å²) in [4.78, 5) is 0. The van der Waals surface area contributed by atoms with Crippen LogP contribution in [0.1, 0.15) is 11.1 Å². The van der Waals surface area contributed by atoms with Gasteiger partial charge in [-0.3, -0.25) is 4.55 Å². The van der Waals surface area contributed by atoms with Crippen LogP contribution in [0.25, 0.3) is 11.0 Å². The smallest absolute Gasteiger partial charge is 0.232 e. The molecule has 0 spiro atoms. The molecule has 7 nitrogen and oxygen atoms in total. The van der Waals surface area contributed by atoms with E-state index in [2.05, 4.69) is 15.0 Å². The number of nitrogens with one attached hydrogen (secondary N) is 1. The van der Waals surface area contributed by atoms with Crippen molar-refractivity contribution >= 4 is 22.3 Å². The van der Waals surface area contributed by atoms with E-state index < -0.39 is 11.3 Å². The topological polar surface area (TPSA) is 89.3 Å². The van der Waals surface area contributed by atoms with Crippen LogP contribution in [0.4, 0.5) is 0 Å². The quantitative estimate of drug-likeness (QED) is 0.671. The van der Waals surface area contributed by atoms with Crippen LogP contribution in [0, 0.1) is 0 Å². The Hall–Kier alpha value is -2.29. The van der Waals surface area contributed by atoms with Crippen LogP contribution < -0.4 is 9.46 Å². The third-order valence-electron chi connectivity index (χ3n) is 3.48. The summed E-state index contributed by atoms with van der Waals surface area (Å²) in [6.07, 6.45) is 0. The molecule has 120 valence electrons. The number of benzene rings is 2. The number of rotatable bonds is 6. The molecule has 0 aliphatic heterocycles. The Morgan fingerprint density at radius 2 is 1.96 bits per heavy atom. The first-order chi connectivity index (χ1) is 11.2. The van der Waals surface area contributed by atoms with E-state index in [1.165, 1.54) is 0 Å². The van der Waals surface area contributed by atoms with Gasteiger partial charge >= 0.3 is 0 Å². The number of fused-ring (bicyclic) bond motifs is 1. The standard InChI is InChI=1S/C15H16N4O3S/c1-22-13-6-7-15-14(8-13)17-18-19(15)10-12-4-2-11(3-5-12)9-16-23(20)21/h2-8,16H,9-10H2,1H3,(H,20,21). The van der Waals surface area contributed by atoms with Crippen molar-refractivity contribution in [2.24, 2.45) is 0 Å². The Morgan fingerprint density at radius 3 is 2.65 bits per heavy atom. The highest BCUT2D eigenvalue weighted by Crippen LogP contribution is 2.19. The van der Waals surface area contributed by atoms with E-state index in [0.717, 1.165) is 27.9 Å². The average molecular weight is 332 g/mol. The maximum Gasteiger partial charge on any atom is 0.232 e. The maximum absolute atomic E-state index is 10.6. The summed E-state index contributed by atoms with van der Waals surface area (Å²) in [6.45, 7) is 0.942. The molecular formula is C15H16N4O3S. The largest absolute Gasteiger partial charge is 0.497 e. The van der Waals surface area contributed by atoms with E-state index in [1.54, 1.807) is 7.11 Å². The van der Waals surface area contributed by atoms with Crippen LogP contribution in [0.2, 0.25) is 0 Å². The van der Waals surface area contributed by atoms with Crippen LogP contribution in [0.15, 0.2) is 42.5 Å². The second-order valence-corrected chi connectivity index (χ2v) is 5.78. The van der Waals surface area contributed by atoms with Gasteiger partial charge in [-0.2, -0.15) is 0 Å². The van der Waals surface area contributed by atoms with Gasteiger partial charge in [0.15, 0.2) is 0 Å². The molecule has 1 atom stereocenters. The number of hydrogen-bond acceptors (Lipinski definition) is 4. The van der Waals surface area contributed by atoms with E-state index >= 15 is 0 Å². The molecule has 23 heavy (non-hydrogen) atoms. The molecule has 8 heteroatoms. The number of hydrogen-bond donors (Lipinski definition) is 2. The van der Waals surface area contributed by atoms with E-state index in [9.17, 15) is 4.21 Å². The van der Waals surface area contributed by atoms with Crippen molar-refractivity contribution in [1.29, 1.82) is 0 Å². The maximum atomic E-state index is 10.6. The highest BCUT2D eigenvalue weighted by Gasteiger charge is 2.06. The molecule has 0 radical (unpaired) electrons. The molecule has 0 bridgehead atoms. The molecule has 3 rings (SSSR count). The van der Waals surface area contributed by atoms with Gasteiger partial charge in [0.25, 0.3) is 0 Å². The molecule has 0 fully saturated rings. The molecule has 0 amide bonds. The third-order valence-corrected chi connectivity index (χ3v) is 3.87. The summed E-state index contributed by atoms with van der Waals surface area (Å²) in [5.41, 5.74) is 3.73. The van der Waals surface area contributed by atoms with Gasteiger partial charge in [0, 0.05) is 12.6 Å². The first kappa shape index (κ1) is 15.6. The molecule has 0 aliphatic carbocycles. The first-order valence-electron chi connectivity index (χ1n) is 6.95. The molecule has 2 N–H and O–H groups in total. The van der Waals surface area contributed by atoms with E-state index in [0.29, 0.717) is 13.1 Å². The summed E-state index contributed by atoms with van der Waals surface area (Å²) in [7, 11) is 1.62. The van der Waals surface area contributed by atoms with Gasteiger partial charge in [-0.1, -0.05) is 29.5 Å². The van der Waals surface area contributed by atoms with E-state index in [1.807, 2.05) is 47.1 Å². The Balaban J connectivity index is 1.75. The number of nitrogens with zero attached hydrogens (tertiary/aromatic N) is 3. The molecule has 0 saturated carbocycles. The normalized spacial score (nSPS) is 12.4. The summed E-state index contributed by atoms with van der Waals surface area (Å²) in [6, 6.07) is 13.4. The Kier molecular flexibility index (Phi) is 4.65. The molecular weight excluding hydrogens is 316 g/mol. The fourth-order valence-electron chi connectivity index (χ4n) is 2.28. The Morgan fingerprint density at radius 1 is 1.22 bits per heavy atom. The minimum Gasteiger partial charge on any atom is -0.497 e. The zero-order valence-electron chi connectivity index (χ0n) is 12.5. The van der Waals surface area contributed by atoms with Gasteiger partial charge in [-0.15, -0.1) is 5.10 Å².